The Labute approximate surface area is 96.9 Å². The van der Waals surface area contributed by atoms with Gasteiger partial charge in [-0.25, -0.2) is 0 Å². The van der Waals surface area contributed by atoms with E-state index in [0.717, 1.165) is 6.42 Å². The van der Waals surface area contributed by atoms with Crippen LogP contribution in [0.1, 0.15) is 25.8 Å². The molecule has 2 heteroatoms. The Kier molecular flexibility index (Phi) is 3.75. The maximum Gasteiger partial charge on any atom is 0.177 e. The number of hydrogen-bond donors (Lipinski definition) is 0. The predicted molar refractivity (Wildman–Crippen MR) is 65.0 cm³/mol. The summed E-state index contributed by atoms with van der Waals surface area (Å²) in [6.45, 7) is 4.17. The van der Waals surface area contributed by atoms with Crippen molar-refractivity contribution in [1.82, 2.24) is 0 Å². The van der Waals surface area contributed by atoms with Crippen LogP contribution in [0.15, 0.2) is 36.4 Å². The first-order chi connectivity index (χ1) is 7.74. The third-order valence-corrected chi connectivity index (χ3v) is 2.64. The van der Waals surface area contributed by atoms with E-state index < -0.39 is 0 Å². The summed E-state index contributed by atoms with van der Waals surface area (Å²) >= 11 is 0. The van der Waals surface area contributed by atoms with Crippen LogP contribution in [0.4, 0.5) is 0 Å². The van der Waals surface area contributed by atoms with Crippen molar-refractivity contribution < 1.29 is 9.47 Å². The Morgan fingerprint density at radius 2 is 1.69 bits per heavy atom. The number of ether oxygens (including phenoxy) is 2. The molecule has 86 valence electrons. The van der Waals surface area contributed by atoms with Crippen LogP contribution in [-0.4, -0.2) is 18.5 Å². The second kappa shape index (κ2) is 5.28. The molecule has 0 amide bonds. The van der Waals surface area contributed by atoms with E-state index in [1.54, 1.807) is 0 Å². The summed E-state index contributed by atoms with van der Waals surface area (Å²) < 4.78 is 11.3. The van der Waals surface area contributed by atoms with Gasteiger partial charge in [0.25, 0.3) is 0 Å². The van der Waals surface area contributed by atoms with Gasteiger partial charge in [-0.3, -0.25) is 0 Å². The lowest BCUT2D eigenvalue weighted by Crippen LogP contribution is -2.34. The van der Waals surface area contributed by atoms with E-state index in [0.29, 0.717) is 0 Å². The van der Waals surface area contributed by atoms with E-state index >= 15 is 0 Å². The van der Waals surface area contributed by atoms with Gasteiger partial charge in [-0.2, -0.15) is 0 Å². The molecule has 16 heavy (non-hydrogen) atoms. The molecule has 1 heterocycles. The van der Waals surface area contributed by atoms with Crippen molar-refractivity contribution in [1.29, 1.82) is 0 Å². The van der Waals surface area contributed by atoms with Gasteiger partial charge in [0.1, 0.15) is 0 Å². The minimum atomic E-state index is -0.209. The fourth-order valence-electron chi connectivity index (χ4n) is 1.91. The van der Waals surface area contributed by atoms with Gasteiger partial charge in [0.2, 0.25) is 0 Å². The molecule has 1 aromatic rings. The third-order valence-electron chi connectivity index (χ3n) is 2.64. The van der Waals surface area contributed by atoms with Gasteiger partial charge in [0, 0.05) is 0 Å². The fourth-order valence-corrected chi connectivity index (χ4v) is 1.91. The molecule has 1 saturated heterocycles. The largest absolute Gasteiger partial charge is 0.346 e. The highest BCUT2D eigenvalue weighted by Gasteiger charge is 2.22. The summed E-state index contributed by atoms with van der Waals surface area (Å²) in [7, 11) is 0. The molecule has 1 aliphatic rings. The molecule has 0 N–H and O–H groups in total. The fraction of sp³-hybridized carbons (Fsp3) is 0.429. The second-order valence-electron chi connectivity index (χ2n) is 4.27. The zero-order valence-electron chi connectivity index (χ0n) is 9.80. The Balaban J connectivity index is 1.96. The molecule has 0 spiro atoms. The molecular weight excluding hydrogens is 200 g/mol. The summed E-state index contributed by atoms with van der Waals surface area (Å²) in [5.74, 6) is 0. The molecule has 0 aliphatic carbocycles. The maximum atomic E-state index is 5.67. The van der Waals surface area contributed by atoms with Gasteiger partial charge in [0.05, 0.1) is 12.2 Å². The van der Waals surface area contributed by atoms with Gasteiger partial charge in [0.15, 0.2) is 6.29 Å². The molecular formula is C14H18O2. The Hall–Kier alpha value is -1.12. The van der Waals surface area contributed by atoms with Gasteiger partial charge in [-0.15, -0.1) is 0 Å². The summed E-state index contributed by atoms with van der Waals surface area (Å²) in [5.41, 5.74) is 1.17. The minimum absolute atomic E-state index is 0.209. The summed E-state index contributed by atoms with van der Waals surface area (Å²) in [5, 5.41) is 0. The van der Waals surface area contributed by atoms with Crippen LogP contribution in [-0.2, 0) is 9.47 Å². The first-order valence-corrected chi connectivity index (χ1v) is 5.78. The predicted octanol–water partition coefficient (Wildman–Crippen LogP) is 3.24. The van der Waals surface area contributed by atoms with E-state index in [4.69, 9.17) is 9.47 Å². The minimum Gasteiger partial charge on any atom is -0.346 e. The van der Waals surface area contributed by atoms with Gasteiger partial charge >= 0.3 is 0 Å². The van der Waals surface area contributed by atoms with Crippen molar-refractivity contribution in [2.45, 2.75) is 38.8 Å². The highest BCUT2D eigenvalue weighted by molar-refractivity contribution is 5.48. The Bertz CT molecular complexity index is 335. The Morgan fingerprint density at radius 3 is 2.31 bits per heavy atom. The van der Waals surface area contributed by atoms with Crippen LogP contribution < -0.4 is 0 Å². The number of benzene rings is 1. The molecule has 3 atom stereocenters. The monoisotopic (exact) mass is 218 g/mol. The molecule has 0 bridgehead atoms. The first-order valence-electron chi connectivity index (χ1n) is 5.78. The lowest BCUT2D eigenvalue weighted by Gasteiger charge is -2.30. The molecule has 1 fully saturated rings. The molecule has 1 unspecified atom stereocenters. The maximum absolute atomic E-state index is 5.67. The van der Waals surface area contributed by atoms with Crippen LogP contribution in [0.3, 0.4) is 0 Å². The highest BCUT2D eigenvalue weighted by Crippen LogP contribution is 2.19. The van der Waals surface area contributed by atoms with Crippen molar-refractivity contribution in [3.05, 3.63) is 42.0 Å². The quantitative estimate of drug-likeness (QED) is 0.758. The van der Waals surface area contributed by atoms with Crippen molar-refractivity contribution in [2.75, 3.05) is 0 Å². The number of rotatable bonds is 2. The SMILES string of the molecule is C[C@@H]1C[C@H](C)OC(/C=C/c2ccccc2)O1. The molecule has 1 aliphatic heterocycles. The number of hydrogen-bond acceptors (Lipinski definition) is 2. The van der Waals surface area contributed by atoms with Gasteiger partial charge < -0.3 is 9.47 Å². The van der Waals surface area contributed by atoms with Crippen LogP contribution in [0.5, 0.6) is 0 Å². The van der Waals surface area contributed by atoms with Crippen LogP contribution in [0.2, 0.25) is 0 Å². The molecule has 0 aromatic heterocycles. The zero-order chi connectivity index (χ0) is 11.4. The molecule has 2 rings (SSSR count). The second-order valence-corrected chi connectivity index (χ2v) is 4.27. The van der Waals surface area contributed by atoms with Crippen molar-refractivity contribution >= 4 is 6.08 Å². The van der Waals surface area contributed by atoms with Gasteiger partial charge in [-0.05, 0) is 31.9 Å². The van der Waals surface area contributed by atoms with Crippen molar-refractivity contribution in [3.8, 4) is 0 Å². The lowest BCUT2D eigenvalue weighted by molar-refractivity contribution is -0.209. The summed E-state index contributed by atoms with van der Waals surface area (Å²) in [4.78, 5) is 0. The van der Waals surface area contributed by atoms with Crippen LogP contribution in [0, 0.1) is 0 Å². The zero-order valence-corrected chi connectivity index (χ0v) is 9.80. The smallest absolute Gasteiger partial charge is 0.177 e. The van der Waals surface area contributed by atoms with Crippen molar-refractivity contribution in [2.24, 2.45) is 0 Å². The topological polar surface area (TPSA) is 18.5 Å². The van der Waals surface area contributed by atoms with Crippen LogP contribution in [0.25, 0.3) is 6.08 Å². The van der Waals surface area contributed by atoms with E-state index in [-0.39, 0.29) is 18.5 Å². The average Bonchev–Trinajstić information content (AvgIpc) is 2.27. The molecule has 0 saturated carbocycles. The molecule has 0 radical (unpaired) electrons. The van der Waals surface area contributed by atoms with E-state index in [1.165, 1.54) is 5.56 Å². The van der Waals surface area contributed by atoms with Crippen molar-refractivity contribution in [3.63, 3.8) is 0 Å². The van der Waals surface area contributed by atoms with E-state index in [1.807, 2.05) is 30.4 Å². The summed E-state index contributed by atoms with van der Waals surface area (Å²) in [6.07, 6.45) is 5.31. The average molecular weight is 218 g/mol. The standard InChI is InChI=1S/C14H18O2/c1-11-10-12(2)16-14(15-11)9-8-13-6-4-3-5-7-13/h3-9,11-12,14H,10H2,1-2H3/b9-8+/t11-,12+,14?. The third kappa shape index (κ3) is 3.19. The lowest BCUT2D eigenvalue weighted by atomic mass is 10.1. The van der Waals surface area contributed by atoms with Gasteiger partial charge in [-0.1, -0.05) is 36.4 Å². The normalized spacial score (nSPS) is 30.8. The first kappa shape index (κ1) is 11.4. The summed E-state index contributed by atoms with van der Waals surface area (Å²) in [6, 6.07) is 10.2. The molecule has 2 nitrogen and oxygen atoms in total. The highest BCUT2D eigenvalue weighted by atomic mass is 16.7. The molecule has 1 aromatic carbocycles. The van der Waals surface area contributed by atoms with E-state index in [2.05, 4.69) is 26.0 Å². The van der Waals surface area contributed by atoms with E-state index in [9.17, 15) is 0 Å². The Morgan fingerprint density at radius 1 is 1.06 bits per heavy atom. The van der Waals surface area contributed by atoms with Crippen LogP contribution >= 0.6 is 0 Å².